The lowest BCUT2D eigenvalue weighted by atomic mass is 10.2. The molecule has 0 saturated heterocycles. The normalized spacial score (nSPS) is 10.5. The number of H-pyrrole nitrogens is 1. The molecule has 2 heterocycles. The molecule has 3 N–H and O–H groups in total. The van der Waals surface area contributed by atoms with Gasteiger partial charge in [0.2, 0.25) is 0 Å². The van der Waals surface area contributed by atoms with Crippen LogP contribution in [0.1, 0.15) is 4.88 Å². The molecule has 0 aromatic carbocycles. The van der Waals surface area contributed by atoms with E-state index >= 15 is 0 Å². The molecule has 2 aromatic heterocycles. The number of nitrogens with one attached hydrogen (secondary N) is 1. The zero-order valence-corrected chi connectivity index (χ0v) is 7.84. The maximum atomic E-state index is 5.45. The summed E-state index contributed by atoms with van der Waals surface area (Å²) in [5.74, 6) is 0. The third-order valence-electron chi connectivity index (χ3n) is 1.74. The van der Waals surface area contributed by atoms with Crippen molar-refractivity contribution in [2.45, 2.75) is 6.42 Å². The summed E-state index contributed by atoms with van der Waals surface area (Å²) in [6.45, 7) is 0.674. The van der Waals surface area contributed by atoms with Crippen LogP contribution in [0.5, 0.6) is 0 Å². The van der Waals surface area contributed by atoms with Crippen LogP contribution in [0, 0.1) is 0 Å². The molecule has 4 nitrogen and oxygen atoms in total. The monoisotopic (exact) mass is 194 g/mol. The molecular formula is C8H10N4S. The minimum Gasteiger partial charge on any atom is -0.330 e. The molecule has 13 heavy (non-hydrogen) atoms. The Balaban J connectivity index is 2.23. The molecule has 2 aromatic rings. The van der Waals surface area contributed by atoms with Crippen LogP contribution < -0.4 is 5.73 Å². The van der Waals surface area contributed by atoms with E-state index in [1.54, 1.807) is 6.20 Å². The van der Waals surface area contributed by atoms with E-state index in [9.17, 15) is 0 Å². The lowest BCUT2D eigenvalue weighted by Crippen LogP contribution is -2.00. The van der Waals surface area contributed by atoms with Gasteiger partial charge in [-0.25, -0.2) is 0 Å². The van der Waals surface area contributed by atoms with Crippen molar-refractivity contribution in [2.24, 2.45) is 5.73 Å². The first kappa shape index (κ1) is 8.40. The van der Waals surface area contributed by atoms with Crippen molar-refractivity contribution >= 4 is 11.5 Å². The van der Waals surface area contributed by atoms with Gasteiger partial charge >= 0.3 is 0 Å². The van der Waals surface area contributed by atoms with Crippen molar-refractivity contribution < 1.29 is 0 Å². The van der Waals surface area contributed by atoms with Gasteiger partial charge in [0.05, 0.1) is 11.9 Å². The van der Waals surface area contributed by atoms with Gasteiger partial charge in [0.25, 0.3) is 0 Å². The summed E-state index contributed by atoms with van der Waals surface area (Å²) in [6.07, 6.45) is 4.50. The van der Waals surface area contributed by atoms with E-state index in [0.29, 0.717) is 6.54 Å². The molecule has 0 fully saturated rings. The molecule has 0 amide bonds. The Labute approximate surface area is 80.0 Å². The van der Waals surface area contributed by atoms with Crippen molar-refractivity contribution in [1.82, 2.24) is 14.6 Å². The first-order chi connectivity index (χ1) is 6.40. The average molecular weight is 194 g/mol. The number of nitrogens with two attached hydrogens (primary N) is 1. The fraction of sp³-hybridized carbons (Fsp3) is 0.250. The molecule has 68 valence electrons. The Morgan fingerprint density at radius 2 is 2.46 bits per heavy atom. The highest BCUT2D eigenvalue weighted by atomic mass is 32.1. The number of hydrogen-bond donors (Lipinski definition) is 2. The highest BCUT2D eigenvalue weighted by Crippen LogP contribution is 2.20. The minimum absolute atomic E-state index is 0.674. The van der Waals surface area contributed by atoms with Crippen LogP contribution in [0.15, 0.2) is 18.5 Å². The van der Waals surface area contributed by atoms with E-state index < -0.39 is 0 Å². The highest BCUT2D eigenvalue weighted by Gasteiger charge is 2.04. The van der Waals surface area contributed by atoms with Crippen LogP contribution in [-0.2, 0) is 6.42 Å². The van der Waals surface area contributed by atoms with Gasteiger partial charge in [0.15, 0.2) is 0 Å². The van der Waals surface area contributed by atoms with E-state index in [4.69, 9.17) is 5.73 Å². The number of rotatable bonds is 3. The predicted octanol–water partition coefficient (Wildman–Crippen LogP) is 1.03. The maximum Gasteiger partial charge on any atom is 0.0874 e. The quantitative estimate of drug-likeness (QED) is 0.767. The van der Waals surface area contributed by atoms with Gasteiger partial charge in [-0.2, -0.15) is 9.47 Å². The summed E-state index contributed by atoms with van der Waals surface area (Å²) in [7, 11) is 0. The lowest BCUT2D eigenvalue weighted by molar-refractivity contribution is 0.989. The summed E-state index contributed by atoms with van der Waals surface area (Å²) >= 11 is 1.50. The third kappa shape index (κ3) is 1.76. The Kier molecular flexibility index (Phi) is 2.37. The lowest BCUT2D eigenvalue weighted by Gasteiger charge is -1.87. The topological polar surface area (TPSA) is 67.6 Å². The number of aromatic amines is 1. The molecule has 2 rings (SSSR count). The van der Waals surface area contributed by atoms with Gasteiger partial charge in [0.1, 0.15) is 0 Å². The first-order valence-electron chi connectivity index (χ1n) is 4.05. The summed E-state index contributed by atoms with van der Waals surface area (Å²) in [5.41, 5.74) is 7.45. The Morgan fingerprint density at radius 1 is 1.54 bits per heavy atom. The van der Waals surface area contributed by atoms with Crippen LogP contribution in [-0.4, -0.2) is 21.1 Å². The van der Waals surface area contributed by atoms with Gasteiger partial charge in [-0.1, -0.05) is 0 Å². The standard InChI is InChI=1S/C8H10N4S/c9-2-1-7-3-8(12-13-7)6-4-10-11-5-6/h3-5H,1-2,9H2,(H,10,11). The number of hydrogen-bond acceptors (Lipinski definition) is 4. The molecular weight excluding hydrogens is 184 g/mol. The molecule has 0 unspecified atom stereocenters. The smallest absolute Gasteiger partial charge is 0.0874 e. The van der Waals surface area contributed by atoms with Crippen LogP contribution in [0.2, 0.25) is 0 Å². The molecule has 0 aliphatic carbocycles. The third-order valence-corrected chi connectivity index (χ3v) is 2.59. The fourth-order valence-corrected chi connectivity index (χ4v) is 1.85. The molecule has 0 bridgehead atoms. The maximum absolute atomic E-state index is 5.45. The van der Waals surface area contributed by atoms with Gasteiger partial charge in [-0.05, 0) is 30.6 Å². The fourth-order valence-electron chi connectivity index (χ4n) is 1.10. The van der Waals surface area contributed by atoms with E-state index in [-0.39, 0.29) is 0 Å². The highest BCUT2D eigenvalue weighted by molar-refractivity contribution is 7.06. The minimum atomic E-state index is 0.674. The second kappa shape index (κ2) is 3.68. The SMILES string of the molecule is NCCc1cc(-c2cn[nH]c2)ns1. The van der Waals surface area contributed by atoms with E-state index in [1.807, 2.05) is 6.20 Å². The molecule has 0 radical (unpaired) electrons. The van der Waals surface area contributed by atoms with E-state index in [1.165, 1.54) is 16.4 Å². The predicted molar refractivity (Wildman–Crippen MR) is 52.5 cm³/mol. The Morgan fingerprint density at radius 3 is 3.15 bits per heavy atom. The molecule has 5 heteroatoms. The molecule has 0 saturated carbocycles. The number of aromatic nitrogens is 3. The van der Waals surface area contributed by atoms with Gasteiger partial charge in [-0.15, -0.1) is 0 Å². The molecule has 0 spiro atoms. The zero-order chi connectivity index (χ0) is 9.10. The van der Waals surface area contributed by atoms with Crippen LogP contribution in [0.25, 0.3) is 11.3 Å². The largest absolute Gasteiger partial charge is 0.330 e. The van der Waals surface area contributed by atoms with Gasteiger partial charge in [-0.3, -0.25) is 5.10 Å². The summed E-state index contributed by atoms with van der Waals surface area (Å²) in [4.78, 5) is 1.22. The molecule has 0 aliphatic rings. The van der Waals surface area contributed by atoms with Crippen molar-refractivity contribution in [2.75, 3.05) is 6.54 Å². The summed E-state index contributed by atoms with van der Waals surface area (Å²) in [5, 5.41) is 6.63. The van der Waals surface area contributed by atoms with Gasteiger partial charge in [0, 0.05) is 16.6 Å². The van der Waals surface area contributed by atoms with Crippen molar-refractivity contribution in [3.8, 4) is 11.3 Å². The van der Waals surface area contributed by atoms with Crippen LogP contribution >= 0.6 is 11.5 Å². The van der Waals surface area contributed by atoms with Gasteiger partial charge < -0.3 is 5.73 Å². The Bertz CT molecular complexity index is 365. The Hall–Kier alpha value is -1.20. The van der Waals surface area contributed by atoms with Crippen molar-refractivity contribution in [3.05, 3.63) is 23.3 Å². The average Bonchev–Trinajstić information content (AvgIpc) is 2.70. The second-order valence-electron chi connectivity index (χ2n) is 2.70. The van der Waals surface area contributed by atoms with Crippen molar-refractivity contribution in [1.29, 1.82) is 0 Å². The molecule has 0 aliphatic heterocycles. The second-order valence-corrected chi connectivity index (χ2v) is 3.59. The molecule has 0 atom stereocenters. The van der Waals surface area contributed by atoms with E-state index in [2.05, 4.69) is 20.6 Å². The van der Waals surface area contributed by atoms with Crippen LogP contribution in [0.4, 0.5) is 0 Å². The number of nitrogens with zero attached hydrogens (tertiary/aromatic N) is 2. The van der Waals surface area contributed by atoms with Crippen molar-refractivity contribution in [3.63, 3.8) is 0 Å². The summed E-state index contributed by atoms with van der Waals surface area (Å²) in [6, 6.07) is 2.06. The first-order valence-corrected chi connectivity index (χ1v) is 4.82. The van der Waals surface area contributed by atoms with E-state index in [0.717, 1.165) is 17.7 Å². The summed E-state index contributed by atoms with van der Waals surface area (Å²) < 4.78 is 4.30. The zero-order valence-electron chi connectivity index (χ0n) is 7.03. The van der Waals surface area contributed by atoms with Crippen LogP contribution in [0.3, 0.4) is 0 Å².